The van der Waals surface area contributed by atoms with E-state index in [1.165, 1.54) is 12.5 Å². The van der Waals surface area contributed by atoms with Crippen LogP contribution in [0.2, 0.25) is 0 Å². The van der Waals surface area contributed by atoms with Crippen molar-refractivity contribution in [2.24, 2.45) is 11.7 Å². The summed E-state index contributed by atoms with van der Waals surface area (Å²) in [6, 6.07) is 5.00. The van der Waals surface area contributed by atoms with Gasteiger partial charge in [-0.05, 0) is 38.6 Å². The normalized spacial score (nSPS) is 18.6. The van der Waals surface area contributed by atoms with Crippen LogP contribution in [0.25, 0.3) is 0 Å². The number of nitrogens with two attached hydrogens (primary N) is 1. The predicted molar refractivity (Wildman–Crippen MR) is 82.9 cm³/mol. The zero-order valence-corrected chi connectivity index (χ0v) is 12.5. The van der Waals surface area contributed by atoms with Crippen molar-refractivity contribution in [1.29, 1.82) is 0 Å². The first-order chi connectivity index (χ1) is 10.1. The summed E-state index contributed by atoms with van der Waals surface area (Å²) in [4.78, 5) is 12.9. The smallest absolute Gasteiger partial charge is 0.275 e. The van der Waals surface area contributed by atoms with E-state index in [9.17, 15) is 10.1 Å². The number of anilines is 1. The van der Waals surface area contributed by atoms with E-state index in [0.29, 0.717) is 24.8 Å². The van der Waals surface area contributed by atoms with Crippen LogP contribution in [0.4, 0.5) is 11.4 Å². The number of hydrogen-bond acceptors (Lipinski definition) is 5. The van der Waals surface area contributed by atoms with Crippen LogP contribution in [0.3, 0.4) is 0 Å². The molecule has 6 heteroatoms. The van der Waals surface area contributed by atoms with Crippen molar-refractivity contribution >= 4 is 11.4 Å². The van der Waals surface area contributed by atoms with Crippen LogP contribution in [0.15, 0.2) is 18.2 Å². The number of ether oxygens (including phenoxy) is 1. The molecule has 116 valence electrons. The molecule has 0 amide bonds. The fourth-order valence-corrected chi connectivity index (χ4v) is 2.88. The van der Waals surface area contributed by atoms with E-state index in [4.69, 9.17) is 10.5 Å². The Morgan fingerprint density at radius 2 is 2.29 bits per heavy atom. The van der Waals surface area contributed by atoms with Gasteiger partial charge in [-0.3, -0.25) is 10.1 Å². The highest BCUT2D eigenvalue weighted by Gasteiger charge is 2.22. The zero-order valence-electron chi connectivity index (χ0n) is 12.5. The van der Waals surface area contributed by atoms with Gasteiger partial charge in [0.1, 0.15) is 5.75 Å². The molecule has 0 spiro atoms. The number of nitrogens with zero attached hydrogens (tertiary/aromatic N) is 2. The predicted octanol–water partition coefficient (Wildman–Crippen LogP) is 2.56. The maximum absolute atomic E-state index is 11.1. The molecule has 0 bridgehead atoms. The molecule has 0 aromatic heterocycles. The number of benzene rings is 1. The molecular weight excluding hydrogens is 270 g/mol. The van der Waals surface area contributed by atoms with Gasteiger partial charge in [0.25, 0.3) is 5.69 Å². The average molecular weight is 293 g/mol. The number of non-ortho nitro benzene ring substituents is 1. The maximum Gasteiger partial charge on any atom is 0.275 e. The van der Waals surface area contributed by atoms with Gasteiger partial charge in [0.2, 0.25) is 0 Å². The molecule has 1 aliphatic rings. The van der Waals surface area contributed by atoms with Crippen LogP contribution in [-0.4, -0.2) is 31.2 Å². The lowest BCUT2D eigenvalue weighted by molar-refractivity contribution is -0.384. The lowest BCUT2D eigenvalue weighted by Gasteiger charge is -2.34. The molecule has 2 N–H and O–H groups in total. The van der Waals surface area contributed by atoms with Gasteiger partial charge >= 0.3 is 0 Å². The maximum atomic E-state index is 11.1. The summed E-state index contributed by atoms with van der Waals surface area (Å²) in [7, 11) is 0. The van der Waals surface area contributed by atoms with Gasteiger partial charge in [-0.25, -0.2) is 0 Å². The van der Waals surface area contributed by atoms with Crippen LogP contribution >= 0.6 is 0 Å². The lowest BCUT2D eigenvalue weighted by Crippen LogP contribution is -2.36. The van der Waals surface area contributed by atoms with Gasteiger partial charge < -0.3 is 15.4 Å². The fourth-order valence-electron chi connectivity index (χ4n) is 2.88. The van der Waals surface area contributed by atoms with Crippen molar-refractivity contribution in [3.8, 4) is 5.75 Å². The van der Waals surface area contributed by atoms with Crippen molar-refractivity contribution in [2.45, 2.75) is 26.2 Å². The number of piperidine rings is 1. The Morgan fingerprint density at radius 1 is 1.48 bits per heavy atom. The highest BCUT2D eigenvalue weighted by molar-refractivity contribution is 5.58. The molecule has 1 unspecified atom stereocenters. The van der Waals surface area contributed by atoms with Gasteiger partial charge in [0.15, 0.2) is 0 Å². The third-order valence-corrected chi connectivity index (χ3v) is 3.86. The third-order valence-electron chi connectivity index (χ3n) is 3.86. The highest BCUT2D eigenvalue weighted by atomic mass is 16.6. The van der Waals surface area contributed by atoms with Gasteiger partial charge in [-0.2, -0.15) is 0 Å². The van der Waals surface area contributed by atoms with Crippen LogP contribution in [0.1, 0.15) is 26.2 Å². The van der Waals surface area contributed by atoms with Crippen molar-refractivity contribution in [1.82, 2.24) is 0 Å². The standard InChI is InChI=1S/C15H23N3O3/c1-2-21-15-9-13(8-14(10-15)18(19)20)17-7-3-4-12(11-17)5-6-16/h8-10,12H,2-7,11,16H2,1H3. The molecule has 0 aliphatic carbocycles. The molecule has 0 radical (unpaired) electrons. The Balaban J connectivity index is 2.22. The topological polar surface area (TPSA) is 81.6 Å². The number of hydrogen-bond donors (Lipinski definition) is 1. The van der Waals surface area contributed by atoms with Gasteiger partial charge in [-0.1, -0.05) is 0 Å². The summed E-state index contributed by atoms with van der Waals surface area (Å²) in [5.41, 5.74) is 6.59. The van der Waals surface area contributed by atoms with Gasteiger partial charge in [0, 0.05) is 30.9 Å². The molecule has 6 nitrogen and oxygen atoms in total. The Morgan fingerprint density at radius 3 is 2.95 bits per heavy atom. The summed E-state index contributed by atoms with van der Waals surface area (Å²) < 4.78 is 5.45. The molecular formula is C15H23N3O3. The minimum atomic E-state index is -0.368. The van der Waals surface area contributed by atoms with E-state index in [1.54, 1.807) is 6.07 Å². The molecule has 0 saturated carbocycles. The Labute approximate surface area is 125 Å². The minimum absolute atomic E-state index is 0.0805. The SMILES string of the molecule is CCOc1cc(N2CCCC(CCN)C2)cc([N+](=O)[O-])c1. The second-order valence-corrected chi connectivity index (χ2v) is 5.41. The quantitative estimate of drug-likeness (QED) is 0.644. The van der Waals surface area contributed by atoms with E-state index >= 15 is 0 Å². The molecule has 1 heterocycles. The highest BCUT2D eigenvalue weighted by Crippen LogP contribution is 2.31. The van der Waals surface area contributed by atoms with E-state index in [2.05, 4.69) is 4.90 Å². The summed E-state index contributed by atoms with van der Waals surface area (Å²) >= 11 is 0. The van der Waals surface area contributed by atoms with Crippen LogP contribution in [0, 0.1) is 16.0 Å². The lowest BCUT2D eigenvalue weighted by atomic mass is 9.94. The van der Waals surface area contributed by atoms with E-state index < -0.39 is 0 Å². The molecule has 1 aromatic carbocycles. The number of nitro groups is 1. The number of nitro benzene ring substituents is 1. The Hall–Kier alpha value is -1.82. The molecule has 21 heavy (non-hydrogen) atoms. The first-order valence-electron chi connectivity index (χ1n) is 7.51. The van der Waals surface area contributed by atoms with E-state index in [-0.39, 0.29) is 10.6 Å². The second-order valence-electron chi connectivity index (χ2n) is 5.41. The summed E-state index contributed by atoms with van der Waals surface area (Å²) in [5.74, 6) is 1.13. The Bertz CT molecular complexity index is 491. The monoisotopic (exact) mass is 293 g/mol. The van der Waals surface area contributed by atoms with Crippen molar-refractivity contribution in [3.63, 3.8) is 0 Å². The first kappa shape index (κ1) is 15.6. The van der Waals surface area contributed by atoms with E-state index in [1.807, 2.05) is 13.0 Å². The summed E-state index contributed by atoms with van der Waals surface area (Å²) in [6.45, 7) is 4.89. The number of rotatable bonds is 6. The summed E-state index contributed by atoms with van der Waals surface area (Å²) in [5, 5.41) is 11.1. The van der Waals surface area contributed by atoms with E-state index in [0.717, 1.165) is 31.6 Å². The summed E-state index contributed by atoms with van der Waals surface area (Å²) in [6.07, 6.45) is 3.28. The first-order valence-corrected chi connectivity index (χ1v) is 7.51. The van der Waals surface area contributed by atoms with Crippen molar-refractivity contribution in [2.75, 3.05) is 31.1 Å². The largest absolute Gasteiger partial charge is 0.494 e. The molecule has 1 atom stereocenters. The molecule has 1 aromatic rings. The molecule has 1 aliphatic heterocycles. The van der Waals surface area contributed by atoms with Gasteiger partial charge in [-0.15, -0.1) is 0 Å². The Kier molecular flexibility index (Phi) is 5.38. The third kappa shape index (κ3) is 4.07. The fraction of sp³-hybridized carbons (Fsp3) is 0.600. The van der Waals surface area contributed by atoms with Crippen molar-refractivity contribution < 1.29 is 9.66 Å². The molecule has 1 fully saturated rings. The van der Waals surface area contributed by atoms with Gasteiger partial charge in [0.05, 0.1) is 17.6 Å². The minimum Gasteiger partial charge on any atom is -0.494 e. The van der Waals surface area contributed by atoms with Crippen molar-refractivity contribution in [3.05, 3.63) is 28.3 Å². The second kappa shape index (κ2) is 7.26. The van der Waals surface area contributed by atoms with Crippen LogP contribution < -0.4 is 15.4 Å². The average Bonchev–Trinajstić information content (AvgIpc) is 2.48. The molecule has 2 rings (SSSR count). The molecule has 1 saturated heterocycles. The van der Waals surface area contributed by atoms with Crippen LogP contribution in [0.5, 0.6) is 5.75 Å². The van der Waals surface area contributed by atoms with Crippen LogP contribution in [-0.2, 0) is 0 Å². The zero-order chi connectivity index (χ0) is 15.2.